The summed E-state index contributed by atoms with van der Waals surface area (Å²) in [5, 5.41) is 9.02. The second-order valence-electron chi connectivity index (χ2n) is 3.25. The molecule has 0 unspecified atom stereocenters. The van der Waals surface area contributed by atoms with Crippen LogP contribution in [0.3, 0.4) is 0 Å². The second-order valence-corrected chi connectivity index (χ2v) is 4.50. The van der Waals surface area contributed by atoms with Gasteiger partial charge in [0.2, 0.25) is 0 Å². The van der Waals surface area contributed by atoms with Gasteiger partial charge < -0.3 is 5.11 Å². The minimum atomic E-state index is 0.0325. The lowest BCUT2D eigenvalue weighted by Gasteiger charge is -2.03. The number of benzene rings is 1. The van der Waals surface area contributed by atoms with Crippen LogP contribution in [0.1, 0.15) is 5.56 Å². The summed E-state index contributed by atoms with van der Waals surface area (Å²) in [6.07, 6.45) is 3.49. The maximum absolute atomic E-state index is 9.02. The van der Waals surface area contributed by atoms with Crippen molar-refractivity contribution in [2.45, 2.75) is 6.61 Å². The molecule has 2 aromatic rings. The summed E-state index contributed by atoms with van der Waals surface area (Å²) in [5.41, 5.74) is 3.01. The van der Waals surface area contributed by atoms with Gasteiger partial charge in [-0.2, -0.15) is 0 Å². The van der Waals surface area contributed by atoms with Gasteiger partial charge in [0.25, 0.3) is 0 Å². The topological polar surface area (TPSA) is 33.1 Å². The molecule has 0 saturated heterocycles. The molecular weight excluding hydrogens is 301 g/mol. The Bertz CT molecular complexity index is 471. The molecule has 0 spiro atoms. The molecule has 0 bridgehead atoms. The van der Waals surface area contributed by atoms with Crippen LogP contribution < -0.4 is 0 Å². The number of pyridine rings is 1. The normalized spacial score (nSPS) is 10.3. The first-order valence-corrected chi connectivity index (χ1v) is 5.68. The van der Waals surface area contributed by atoms with E-state index in [1.165, 1.54) is 3.57 Å². The predicted octanol–water partition coefficient (Wildman–Crippen LogP) is 2.85. The standard InChI is InChI=1S/C12H10INO/c13-12-3-1-2-10(5-12)11-4-9(8-15)6-14-7-11/h1-7,15H,8H2. The Morgan fingerprint density at radius 2 is 2.00 bits per heavy atom. The molecule has 1 aromatic carbocycles. The lowest BCUT2D eigenvalue weighted by atomic mass is 10.1. The highest BCUT2D eigenvalue weighted by Crippen LogP contribution is 2.21. The molecule has 0 atom stereocenters. The van der Waals surface area contributed by atoms with Crippen molar-refractivity contribution in [3.8, 4) is 11.1 Å². The number of aliphatic hydroxyl groups is 1. The summed E-state index contributed by atoms with van der Waals surface area (Å²) in [5.74, 6) is 0. The molecular formula is C12H10INO. The van der Waals surface area contributed by atoms with Crippen LogP contribution in [-0.2, 0) is 6.61 Å². The van der Waals surface area contributed by atoms with Crippen molar-refractivity contribution in [3.63, 3.8) is 0 Å². The van der Waals surface area contributed by atoms with E-state index in [0.717, 1.165) is 16.7 Å². The van der Waals surface area contributed by atoms with Gasteiger partial charge in [-0.15, -0.1) is 0 Å². The summed E-state index contributed by atoms with van der Waals surface area (Å²) in [6.45, 7) is 0.0325. The van der Waals surface area contributed by atoms with Crippen LogP contribution in [0.2, 0.25) is 0 Å². The average Bonchev–Trinajstić information content (AvgIpc) is 2.29. The maximum atomic E-state index is 9.02. The van der Waals surface area contributed by atoms with E-state index in [2.05, 4.69) is 33.6 Å². The summed E-state index contributed by atoms with van der Waals surface area (Å²) in [4.78, 5) is 4.10. The molecule has 1 heterocycles. The van der Waals surface area contributed by atoms with Gasteiger partial charge in [-0.05, 0) is 51.9 Å². The summed E-state index contributed by atoms with van der Waals surface area (Å²) in [6, 6.07) is 10.2. The van der Waals surface area contributed by atoms with Gasteiger partial charge >= 0.3 is 0 Å². The van der Waals surface area contributed by atoms with Gasteiger partial charge in [-0.1, -0.05) is 12.1 Å². The first-order chi connectivity index (χ1) is 7.29. The predicted molar refractivity (Wildman–Crippen MR) is 68.3 cm³/mol. The lowest BCUT2D eigenvalue weighted by molar-refractivity contribution is 0.281. The van der Waals surface area contributed by atoms with Crippen LogP contribution in [0.5, 0.6) is 0 Å². The van der Waals surface area contributed by atoms with Crippen LogP contribution >= 0.6 is 22.6 Å². The molecule has 0 fully saturated rings. The molecule has 0 aliphatic heterocycles. The van der Waals surface area contributed by atoms with E-state index in [0.29, 0.717) is 0 Å². The molecule has 76 valence electrons. The third-order valence-electron chi connectivity index (χ3n) is 2.14. The van der Waals surface area contributed by atoms with Crippen LogP contribution in [-0.4, -0.2) is 10.1 Å². The van der Waals surface area contributed by atoms with Crippen molar-refractivity contribution in [2.24, 2.45) is 0 Å². The van der Waals surface area contributed by atoms with E-state index in [9.17, 15) is 0 Å². The van der Waals surface area contributed by atoms with Crippen LogP contribution in [0.4, 0.5) is 0 Å². The molecule has 15 heavy (non-hydrogen) atoms. The maximum Gasteiger partial charge on any atom is 0.0697 e. The zero-order valence-electron chi connectivity index (χ0n) is 8.02. The second kappa shape index (κ2) is 4.72. The van der Waals surface area contributed by atoms with Gasteiger partial charge in [0.15, 0.2) is 0 Å². The van der Waals surface area contributed by atoms with Gasteiger partial charge in [-0.3, -0.25) is 4.98 Å². The number of aromatic nitrogens is 1. The van der Waals surface area contributed by atoms with E-state index in [4.69, 9.17) is 5.11 Å². The van der Waals surface area contributed by atoms with E-state index in [-0.39, 0.29) is 6.61 Å². The zero-order chi connectivity index (χ0) is 10.7. The number of hydrogen-bond acceptors (Lipinski definition) is 2. The van der Waals surface area contributed by atoms with E-state index in [1.807, 2.05) is 30.5 Å². The SMILES string of the molecule is OCc1cncc(-c2cccc(I)c2)c1. The lowest BCUT2D eigenvalue weighted by Crippen LogP contribution is -1.87. The average molecular weight is 311 g/mol. The Morgan fingerprint density at radius 1 is 1.13 bits per heavy atom. The molecule has 2 rings (SSSR count). The molecule has 0 aliphatic carbocycles. The number of aliphatic hydroxyl groups excluding tert-OH is 1. The molecule has 0 radical (unpaired) electrons. The van der Waals surface area contributed by atoms with Gasteiger partial charge in [0, 0.05) is 21.5 Å². The minimum absolute atomic E-state index is 0.0325. The quantitative estimate of drug-likeness (QED) is 0.865. The summed E-state index contributed by atoms with van der Waals surface area (Å²) >= 11 is 2.28. The number of rotatable bonds is 2. The zero-order valence-corrected chi connectivity index (χ0v) is 10.2. The Hall–Kier alpha value is -0.940. The summed E-state index contributed by atoms with van der Waals surface area (Å²) < 4.78 is 1.19. The smallest absolute Gasteiger partial charge is 0.0697 e. The molecule has 1 N–H and O–H groups in total. The Morgan fingerprint density at radius 3 is 2.73 bits per heavy atom. The van der Waals surface area contributed by atoms with Crippen LogP contribution in [0, 0.1) is 3.57 Å². The number of hydrogen-bond donors (Lipinski definition) is 1. The molecule has 0 saturated carbocycles. The fraction of sp³-hybridized carbons (Fsp3) is 0.0833. The molecule has 2 nitrogen and oxygen atoms in total. The van der Waals surface area contributed by atoms with Crippen molar-refractivity contribution >= 4 is 22.6 Å². The number of nitrogens with zero attached hydrogens (tertiary/aromatic N) is 1. The van der Waals surface area contributed by atoms with E-state index < -0.39 is 0 Å². The Kier molecular flexibility index (Phi) is 3.33. The molecule has 0 amide bonds. The molecule has 1 aromatic heterocycles. The van der Waals surface area contributed by atoms with Gasteiger partial charge in [-0.25, -0.2) is 0 Å². The number of halogens is 1. The fourth-order valence-electron chi connectivity index (χ4n) is 1.40. The highest BCUT2D eigenvalue weighted by Gasteiger charge is 1.99. The van der Waals surface area contributed by atoms with Crippen molar-refractivity contribution < 1.29 is 5.11 Å². The van der Waals surface area contributed by atoms with Crippen molar-refractivity contribution in [2.75, 3.05) is 0 Å². The third kappa shape index (κ3) is 2.54. The van der Waals surface area contributed by atoms with Crippen molar-refractivity contribution in [3.05, 3.63) is 51.9 Å². The third-order valence-corrected chi connectivity index (χ3v) is 2.81. The highest BCUT2D eigenvalue weighted by atomic mass is 127. The Balaban J connectivity index is 2.44. The first-order valence-electron chi connectivity index (χ1n) is 4.60. The molecule has 0 aliphatic rings. The van der Waals surface area contributed by atoms with Crippen molar-refractivity contribution in [1.29, 1.82) is 0 Å². The van der Waals surface area contributed by atoms with Gasteiger partial charge in [0.1, 0.15) is 0 Å². The highest BCUT2D eigenvalue weighted by molar-refractivity contribution is 14.1. The largest absolute Gasteiger partial charge is 0.392 e. The van der Waals surface area contributed by atoms with Crippen molar-refractivity contribution in [1.82, 2.24) is 4.98 Å². The van der Waals surface area contributed by atoms with E-state index in [1.54, 1.807) is 6.20 Å². The first kappa shape index (κ1) is 10.6. The monoisotopic (exact) mass is 311 g/mol. The fourth-order valence-corrected chi connectivity index (χ4v) is 1.94. The minimum Gasteiger partial charge on any atom is -0.392 e. The van der Waals surface area contributed by atoms with Gasteiger partial charge in [0.05, 0.1) is 6.61 Å². The van der Waals surface area contributed by atoms with E-state index >= 15 is 0 Å². The van der Waals surface area contributed by atoms with Crippen LogP contribution in [0.25, 0.3) is 11.1 Å². The van der Waals surface area contributed by atoms with Crippen LogP contribution in [0.15, 0.2) is 42.7 Å². The Labute approximate surface area is 102 Å². The summed E-state index contributed by atoms with van der Waals surface area (Å²) in [7, 11) is 0. The molecule has 3 heteroatoms.